The first-order valence-electron chi connectivity index (χ1n) is 12.1. The van der Waals surface area contributed by atoms with Crippen LogP contribution in [0.1, 0.15) is 49.7 Å². The zero-order valence-electron chi connectivity index (χ0n) is 19.5. The van der Waals surface area contributed by atoms with Crippen molar-refractivity contribution in [3.05, 3.63) is 101 Å². The van der Waals surface area contributed by atoms with Crippen molar-refractivity contribution >= 4 is 16.8 Å². The SMILES string of the molecule is C=CC1=C(C=C)C(CCC2CCCOCC2)=CC1=Cc1ccc(CCC#N)c2ccccc12. The summed E-state index contributed by atoms with van der Waals surface area (Å²) < 4.78 is 5.64. The van der Waals surface area contributed by atoms with Crippen molar-refractivity contribution in [2.75, 3.05) is 13.2 Å². The first kappa shape index (κ1) is 23.0. The smallest absolute Gasteiger partial charge is 0.0625 e. The number of aryl methyl sites for hydroxylation is 1. The molecule has 1 fully saturated rings. The Labute approximate surface area is 198 Å². The summed E-state index contributed by atoms with van der Waals surface area (Å²) in [5, 5.41) is 11.5. The second kappa shape index (κ2) is 11.1. The Morgan fingerprint density at radius 2 is 1.79 bits per heavy atom. The van der Waals surface area contributed by atoms with Gasteiger partial charge in [-0.2, -0.15) is 5.26 Å². The third-order valence-corrected chi connectivity index (χ3v) is 6.94. The maximum absolute atomic E-state index is 9.02. The highest BCUT2D eigenvalue weighted by molar-refractivity contribution is 5.94. The summed E-state index contributed by atoms with van der Waals surface area (Å²) in [6, 6.07) is 15.1. The van der Waals surface area contributed by atoms with Crippen LogP contribution in [-0.4, -0.2) is 13.2 Å². The van der Waals surface area contributed by atoms with E-state index in [1.807, 2.05) is 12.2 Å². The Balaban J connectivity index is 1.66. The lowest BCUT2D eigenvalue weighted by Gasteiger charge is -2.14. The van der Waals surface area contributed by atoms with Crippen LogP contribution in [0.3, 0.4) is 0 Å². The number of rotatable bonds is 8. The van der Waals surface area contributed by atoms with Gasteiger partial charge in [-0.15, -0.1) is 0 Å². The number of nitriles is 1. The van der Waals surface area contributed by atoms with Crippen molar-refractivity contribution in [3.8, 4) is 6.07 Å². The Bertz CT molecular complexity index is 1160. The van der Waals surface area contributed by atoms with Crippen LogP contribution in [0, 0.1) is 17.2 Å². The lowest BCUT2D eigenvalue weighted by atomic mass is 9.91. The van der Waals surface area contributed by atoms with Gasteiger partial charge in [0, 0.05) is 19.6 Å². The van der Waals surface area contributed by atoms with Crippen molar-refractivity contribution in [1.29, 1.82) is 5.26 Å². The van der Waals surface area contributed by atoms with Crippen LogP contribution >= 0.6 is 0 Å². The third-order valence-electron chi connectivity index (χ3n) is 6.94. The van der Waals surface area contributed by atoms with Crippen LogP contribution in [0.2, 0.25) is 0 Å². The number of benzene rings is 2. The maximum Gasteiger partial charge on any atom is 0.0625 e. The highest BCUT2D eigenvalue weighted by atomic mass is 16.5. The van der Waals surface area contributed by atoms with Crippen molar-refractivity contribution in [2.45, 2.75) is 44.9 Å². The molecule has 1 saturated heterocycles. The van der Waals surface area contributed by atoms with E-state index in [0.29, 0.717) is 6.42 Å². The Morgan fingerprint density at radius 1 is 0.970 bits per heavy atom. The van der Waals surface area contributed by atoms with Crippen LogP contribution < -0.4 is 0 Å². The van der Waals surface area contributed by atoms with E-state index in [4.69, 9.17) is 10.00 Å². The number of fused-ring (bicyclic) bond motifs is 1. The number of ether oxygens (including phenoxy) is 1. The van der Waals surface area contributed by atoms with E-state index in [0.717, 1.165) is 32.0 Å². The molecule has 1 atom stereocenters. The standard InChI is InChI=1S/C31H33NO/c1-3-28-25(14-13-23-9-8-19-33-20-17-23)21-27(29(28)4-2)22-26-16-15-24(10-7-18-32)30-11-5-6-12-31(26)30/h3-6,11-12,15-16,21-23H,1-2,7-10,13-14,17,19-20H2. The monoisotopic (exact) mass is 435 g/mol. The molecule has 1 aliphatic carbocycles. The molecule has 168 valence electrons. The molecule has 0 bridgehead atoms. The molecule has 0 radical (unpaired) electrons. The maximum atomic E-state index is 9.02. The molecule has 2 aromatic rings. The lowest BCUT2D eigenvalue weighted by molar-refractivity contribution is 0.141. The highest BCUT2D eigenvalue weighted by Crippen LogP contribution is 2.38. The molecule has 0 aromatic heterocycles. The van der Waals surface area contributed by atoms with E-state index in [-0.39, 0.29) is 0 Å². The summed E-state index contributed by atoms with van der Waals surface area (Å²) in [4.78, 5) is 0. The quantitative estimate of drug-likeness (QED) is 0.422. The zero-order valence-corrected chi connectivity index (χ0v) is 19.5. The number of hydrogen-bond acceptors (Lipinski definition) is 2. The van der Waals surface area contributed by atoms with Crippen LogP contribution in [0.4, 0.5) is 0 Å². The van der Waals surface area contributed by atoms with E-state index in [1.165, 1.54) is 69.9 Å². The normalized spacial score (nSPS) is 19.9. The molecule has 4 rings (SSSR count). The van der Waals surface area contributed by atoms with E-state index >= 15 is 0 Å². The minimum absolute atomic E-state index is 0.537. The fraction of sp³-hybridized carbons (Fsp3) is 0.323. The highest BCUT2D eigenvalue weighted by Gasteiger charge is 2.20. The zero-order chi connectivity index (χ0) is 23.0. The van der Waals surface area contributed by atoms with E-state index in [1.54, 1.807) is 0 Å². The van der Waals surface area contributed by atoms with Gasteiger partial charge in [-0.25, -0.2) is 0 Å². The second-order valence-electron chi connectivity index (χ2n) is 8.97. The van der Waals surface area contributed by atoms with Gasteiger partial charge in [0.2, 0.25) is 0 Å². The van der Waals surface area contributed by atoms with Gasteiger partial charge >= 0.3 is 0 Å². The summed E-state index contributed by atoms with van der Waals surface area (Å²) in [7, 11) is 0. The van der Waals surface area contributed by atoms with Gasteiger partial charge in [0.25, 0.3) is 0 Å². The molecule has 2 heteroatoms. The van der Waals surface area contributed by atoms with Gasteiger partial charge in [0.15, 0.2) is 0 Å². The average molecular weight is 436 g/mol. The van der Waals surface area contributed by atoms with Crippen molar-refractivity contribution in [3.63, 3.8) is 0 Å². The second-order valence-corrected chi connectivity index (χ2v) is 8.97. The predicted octanol–water partition coefficient (Wildman–Crippen LogP) is 7.88. The third kappa shape index (κ3) is 5.27. The Kier molecular flexibility index (Phi) is 7.76. The summed E-state index contributed by atoms with van der Waals surface area (Å²) in [5.41, 5.74) is 7.39. The van der Waals surface area contributed by atoms with Crippen molar-refractivity contribution in [1.82, 2.24) is 0 Å². The van der Waals surface area contributed by atoms with E-state index in [2.05, 4.69) is 67.8 Å². The summed E-state index contributed by atoms with van der Waals surface area (Å²) in [6.45, 7) is 10.0. The van der Waals surface area contributed by atoms with E-state index < -0.39 is 0 Å². The minimum atomic E-state index is 0.537. The van der Waals surface area contributed by atoms with E-state index in [9.17, 15) is 0 Å². The van der Waals surface area contributed by atoms with Crippen LogP contribution in [-0.2, 0) is 11.2 Å². The first-order chi connectivity index (χ1) is 16.2. The van der Waals surface area contributed by atoms with Crippen molar-refractivity contribution in [2.24, 2.45) is 5.92 Å². The first-order valence-corrected chi connectivity index (χ1v) is 12.1. The molecule has 0 saturated carbocycles. The molecular formula is C31H33NO. The molecule has 0 amide bonds. The van der Waals surface area contributed by atoms with Gasteiger partial charge in [-0.1, -0.05) is 67.8 Å². The summed E-state index contributed by atoms with van der Waals surface area (Å²) >= 11 is 0. The summed E-state index contributed by atoms with van der Waals surface area (Å²) in [6.07, 6.45) is 15.8. The molecule has 2 aromatic carbocycles. The van der Waals surface area contributed by atoms with Gasteiger partial charge in [-0.3, -0.25) is 0 Å². The molecule has 33 heavy (non-hydrogen) atoms. The van der Waals surface area contributed by atoms with Crippen LogP contribution in [0.5, 0.6) is 0 Å². The Morgan fingerprint density at radius 3 is 2.58 bits per heavy atom. The summed E-state index contributed by atoms with van der Waals surface area (Å²) in [5.74, 6) is 0.740. The average Bonchev–Trinajstić information content (AvgIpc) is 2.98. The topological polar surface area (TPSA) is 33.0 Å². The van der Waals surface area contributed by atoms with Crippen LogP contribution in [0.25, 0.3) is 16.8 Å². The fourth-order valence-electron chi connectivity index (χ4n) is 5.17. The molecule has 2 aliphatic rings. The number of allylic oxidation sites excluding steroid dienone is 7. The molecule has 0 N–H and O–H groups in total. The number of hydrogen-bond donors (Lipinski definition) is 0. The predicted molar refractivity (Wildman–Crippen MR) is 139 cm³/mol. The lowest BCUT2D eigenvalue weighted by Crippen LogP contribution is -2.02. The van der Waals surface area contributed by atoms with Crippen molar-refractivity contribution < 1.29 is 4.74 Å². The molecule has 0 spiro atoms. The van der Waals surface area contributed by atoms with Gasteiger partial charge in [0.05, 0.1) is 6.07 Å². The molecule has 1 unspecified atom stereocenters. The van der Waals surface area contributed by atoms with Crippen LogP contribution in [0.15, 0.2) is 90.1 Å². The number of nitrogens with zero attached hydrogens (tertiary/aromatic N) is 1. The minimum Gasteiger partial charge on any atom is -0.381 e. The van der Waals surface area contributed by atoms with Gasteiger partial charge in [0.1, 0.15) is 0 Å². The van der Waals surface area contributed by atoms with Gasteiger partial charge < -0.3 is 4.74 Å². The molecule has 1 heterocycles. The largest absolute Gasteiger partial charge is 0.381 e. The molecule has 1 aliphatic heterocycles. The Hall–Kier alpha value is -3.15. The molecule has 2 nitrogen and oxygen atoms in total. The van der Waals surface area contributed by atoms with Gasteiger partial charge in [-0.05, 0) is 94.7 Å². The molecular weight excluding hydrogens is 402 g/mol. The fourth-order valence-corrected chi connectivity index (χ4v) is 5.17.